The van der Waals surface area contributed by atoms with Crippen LogP contribution in [0.4, 0.5) is 13.2 Å². The van der Waals surface area contributed by atoms with Crippen LogP contribution in [0, 0.1) is 5.95 Å². The molecular formula is C7H4BrF3N2O. The Labute approximate surface area is 85.2 Å². The lowest BCUT2D eigenvalue weighted by molar-refractivity contribution is 0.0983. The molecule has 7 heteroatoms. The van der Waals surface area contributed by atoms with Crippen molar-refractivity contribution < 1.29 is 18.0 Å². The average molecular weight is 269 g/mol. The van der Waals surface area contributed by atoms with Gasteiger partial charge in [-0.15, -0.1) is 0 Å². The number of nitrogens with two attached hydrogens (primary N) is 1. The maximum atomic E-state index is 12.8. The minimum Gasteiger partial charge on any atom is -0.366 e. The van der Waals surface area contributed by atoms with Crippen LogP contribution in [-0.4, -0.2) is 10.9 Å². The van der Waals surface area contributed by atoms with E-state index < -0.39 is 33.9 Å². The van der Waals surface area contributed by atoms with Crippen LogP contribution in [0.5, 0.6) is 0 Å². The molecular weight excluding hydrogens is 265 g/mol. The molecule has 0 saturated heterocycles. The molecule has 1 rings (SSSR count). The molecule has 76 valence electrons. The molecule has 1 aromatic rings. The van der Waals surface area contributed by atoms with Gasteiger partial charge in [-0.3, -0.25) is 4.79 Å². The second-order valence-electron chi connectivity index (χ2n) is 2.36. The molecule has 0 aliphatic carbocycles. The number of nitrogens with zero attached hydrogens (tertiary/aromatic N) is 1. The van der Waals surface area contributed by atoms with E-state index in [-0.39, 0.29) is 0 Å². The third-order valence-corrected chi connectivity index (χ3v) is 2.21. The summed E-state index contributed by atoms with van der Waals surface area (Å²) in [7, 11) is 0. The summed E-state index contributed by atoms with van der Waals surface area (Å²) in [6, 6.07) is 0. The molecule has 0 saturated carbocycles. The van der Waals surface area contributed by atoms with Gasteiger partial charge in [0.2, 0.25) is 5.95 Å². The van der Waals surface area contributed by atoms with Gasteiger partial charge in [-0.2, -0.15) is 4.39 Å². The lowest BCUT2D eigenvalue weighted by Gasteiger charge is -2.07. The zero-order valence-corrected chi connectivity index (χ0v) is 8.19. The van der Waals surface area contributed by atoms with Crippen molar-refractivity contribution in [3.63, 3.8) is 0 Å². The lowest BCUT2D eigenvalue weighted by atomic mass is 10.1. The molecule has 14 heavy (non-hydrogen) atoms. The average Bonchev–Trinajstić information content (AvgIpc) is 2.08. The number of primary amides is 1. The van der Waals surface area contributed by atoms with Gasteiger partial charge in [-0.05, 0) is 15.9 Å². The van der Waals surface area contributed by atoms with Gasteiger partial charge in [0.25, 0.3) is 12.3 Å². The highest BCUT2D eigenvalue weighted by atomic mass is 79.9. The number of halogens is 4. The van der Waals surface area contributed by atoms with Crippen molar-refractivity contribution in [2.75, 3.05) is 0 Å². The standard InChI is InChI=1S/C7H4BrF3N2O/c8-4-3(7(12)14)2(5(9)10)1-13-6(4)11/h1,5H,(H2,12,14). The Morgan fingerprint density at radius 2 is 2.14 bits per heavy atom. The van der Waals surface area contributed by atoms with Crippen LogP contribution >= 0.6 is 15.9 Å². The molecule has 0 atom stereocenters. The summed E-state index contributed by atoms with van der Waals surface area (Å²) in [5.41, 5.74) is 3.56. The van der Waals surface area contributed by atoms with E-state index in [0.29, 0.717) is 6.20 Å². The SMILES string of the molecule is NC(=O)c1c(C(F)F)cnc(F)c1Br. The second kappa shape index (κ2) is 3.95. The summed E-state index contributed by atoms with van der Waals surface area (Å²) in [6.45, 7) is 0. The highest BCUT2D eigenvalue weighted by Gasteiger charge is 2.22. The van der Waals surface area contributed by atoms with E-state index in [2.05, 4.69) is 20.9 Å². The first-order valence-electron chi connectivity index (χ1n) is 3.37. The topological polar surface area (TPSA) is 56.0 Å². The fourth-order valence-electron chi connectivity index (χ4n) is 0.893. The molecule has 3 nitrogen and oxygen atoms in total. The number of carbonyl (C=O) groups excluding carboxylic acids is 1. The van der Waals surface area contributed by atoms with E-state index in [1.807, 2.05) is 0 Å². The molecule has 0 aromatic carbocycles. The maximum absolute atomic E-state index is 12.8. The molecule has 0 aliphatic heterocycles. The molecule has 0 radical (unpaired) electrons. The Hall–Kier alpha value is -1.11. The first kappa shape index (κ1) is 11.0. The Bertz CT molecular complexity index is 383. The van der Waals surface area contributed by atoms with Gasteiger partial charge in [0.15, 0.2) is 0 Å². The van der Waals surface area contributed by atoms with E-state index >= 15 is 0 Å². The number of hydrogen-bond acceptors (Lipinski definition) is 2. The summed E-state index contributed by atoms with van der Waals surface area (Å²) in [5, 5.41) is 0. The largest absolute Gasteiger partial charge is 0.366 e. The van der Waals surface area contributed by atoms with Crippen LogP contribution in [0.2, 0.25) is 0 Å². The third kappa shape index (κ3) is 1.87. The summed E-state index contributed by atoms with van der Waals surface area (Å²) < 4.78 is 36.9. The van der Waals surface area contributed by atoms with Gasteiger partial charge in [-0.1, -0.05) is 0 Å². The molecule has 1 aromatic heterocycles. The highest BCUT2D eigenvalue weighted by molar-refractivity contribution is 9.10. The predicted molar refractivity (Wildman–Crippen MR) is 45.4 cm³/mol. The summed E-state index contributed by atoms with van der Waals surface area (Å²) in [4.78, 5) is 13.8. The molecule has 0 aliphatic rings. The Morgan fingerprint density at radius 1 is 1.57 bits per heavy atom. The van der Waals surface area contributed by atoms with Crippen molar-refractivity contribution in [3.05, 3.63) is 27.7 Å². The van der Waals surface area contributed by atoms with Gasteiger partial charge in [0.1, 0.15) is 0 Å². The Morgan fingerprint density at radius 3 is 2.57 bits per heavy atom. The fraction of sp³-hybridized carbons (Fsp3) is 0.143. The van der Waals surface area contributed by atoms with Crippen LogP contribution in [-0.2, 0) is 0 Å². The minimum absolute atomic E-state index is 0.442. The van der Waals surface area contributed by atoms with Crippen molar-refractivity contribution in [1.29, 1.82) is 0 Å². The van der Waals surface area contributed by atoms with E-state index in [0.717, 1.165) is 0 Å². The fourth-order valence-corrected chi connectivity index (χ4v) is 1.42. The van der Waals surface area contributed by atoms with E-state index in [1.54, 1.807) is 0 Å². The number of amides is 1. The van der Waals surface area contributed by atoms with E-state index in [4.69, 9.17) is 5.73 Å². The monoisotopic (exact) mass is 268 g/mol. The van der Waals surface area contributed by atoms with E-state index in [9.17, 15) is 18.0 Å². The molecule has 0 unspecified atom stereocenters. The summed E-state index contributed by atoms with van der Waals surface area (Å²) in [6.07, 6.45) is -2.34. The number of hydrogen-bond donors (Lipinski definition) is 1. The van der Waals surface area contributed by atoms with Crippen LogP contribution in [0.15, 0.2) is 10.7 Å². The molecule has 1 heterocycles. The van der Waals surface area contributed by atoms with Gasteiger partial charge < -0.3 is 5.73 Å². The number of rotatable bonds is 2. The van der Waals surface area contributed by atoms with Gasteiger partial charge in [0, 0.05) is 6.20 Å². The van der Waals surface area contributed by atoms with E-state index in [1.165, 1.54) is 0 Å². The Kier molecular flexibility index (Phi) is 3.10. The van der Waals surface area contributed by atoms with Crippen LogP contribution in [0.1, 0.15) is 22.3 Å². The number of alkyl halides is 2. The zero-order chi connectivity index (χ0) is 10.9. The quantitative estimate of drug-likeness (QED) is 0.835. The van der Waals surface area contributed by atoms with Crippen molar-refractivity contribution in [1.82, 2.24) is 4.98 Å². The molecule has 0 spiro atoms. The van der Waals surface area contributed by atoms with Crippen LogP contribution in [0.3, 0.4) is 0 Å². The smallest absolute Gasteiger partial charge is 0.266 e. The molecule has 0 fully saturated rings. The van der Waals surface area contributed by atoms with Crippen LogP contribution < -0.4 is 5.73 Å². The number of pyridine rings is 1. The predicted octanol–water partition coefficient (Wildman–Crippen LogP) is 2.02. The third-order valence-electron chi connectivity index (χ3n) is 1.49. The van der Waals surface area contributed by atoms with Crippen molar-refractivity contribution in [3.8, 4) is 0 Å². The van der Waals surface area contributed by atoms with Gasteiger partial charge >= 0.3 is 0 Å². The zero-order valence-electron chi connectivity index (χ0n) is 6.60. The normalized spacial score (nSPS) is 10.6. The minimum atomic E-state index is -2.93. The van der Waals surface area contributed by atoms with Crippen molar-refractivity contribution >= 4 is 21.8 Å². The second-order valence-corrected chi connectivity index (χ2v) is 3.15. The Balaban J connectivity index is 3.45. The first-order chi connectivity index (χ1) is 6.45. The maximum Gasteiger partial charge on any atom is 0.266 e. The number of aromatic nitrogens is 1. The summed E-state index contributed by atoms with van der Waals surface area (Å²) >= 11 is 2.63. The summed E-state index contributed by atoms with van der Waals surface area (Å²) in [5.74, 6) is -2.18. The molecule has 2 N–H and O–H groups in total. The van der Waals surface area contributed by atoms with Crippen molar-refractivity contribution in [2.45, 2.75) is 6.43 Å². The molecule has 1 amide bonds. The highest BCUT2D eigenvalue weighted by Crippen LogP contribution is 2.28. The first-order valence-corrected chi connectivity index (χ1v) is 4.16. The van der Waals surface area contributed by atoms with Crippen LogP contribution in [0.25, 0.3) is 0 Å². The lowest BCUT2D eigenvalue weighted by Crippen LogP contribution is -2.16. The van der Waals surface area contributed by atoms with Crippen molar-refractivity contribution in [2.24, 2.45) is 5.73 Å². The molecule has 0 bridgehead atoms. The van der Waals surface area contributed by atoms with Gasteiger partial charge in [-0.25, -0.2) is 13.8 Å². The van der Waals surface area contributed by atoms with Gasteiger partial charge in [0.05, 0.1) is 15.6 Å². The number of carbonyl (C=O) groups is 1.